The summed E-state index contributed by atoms with van der Waals surface area (Å²) >= 11 is 1.87. The van der Waals surface area contributed by atoms with Crippen LogP contribution >= 0.6 is 11.3 Å². The van der Waals surface area contributed by atoms with Gasteiger partial charge in [0.05, 0.1) is 11.0 Å². The van der Waals surface area contributed by atoms with Gasteiger partial charge in [0, 0.05) is 36.6 Å². The Morgan fingerprint density at radius 1 is 0.400 bits per heavy atom. The van der Waals surface area contributed by atoms with Gasteiger partial charge in [-0.2, -0.15) is 0 Å². The molecular formula is C38H21NS. The van der Waals surface area contributed by atoms with E-state index in [1.165, 1.54) is 91.5 Å². The van der Waals surface area contributed by atoms with E-state index >= 15 is 0 Å². The van der Waals surface area contributed by atoms with E-state index in [4.69, 9.17) is 0 Å². The molecular weight excluding hydrogens is 502 g/mol. The largest absolute Gasteiger partial charge is 0.309 e. The van der Waals surface area contributed by atoms with E-state index in [1.807, 2.05) is 11.3 Å². The van der Waals surface area contributed by atoms with Gasteiger partial charge < -0.3 is 4.57 Å². The van der Waals surface area contributed by atoms with Crippen molar-refractivity contribution in [2.24, 2.45) is 0 Å². The quantitative estimate of drug-likeness (QED) is 0.202. The minimum atomic E-state index is 1.21. The Hall–Kier alpha value is -4.92. The second-order valence-electron chi connectivity index (χ2n) is 10.9. The molecule has 0 saturated heterocycles. The maximum Gasteiger partial charge on any atom is 0.0553 e. The summed E-state index contributed by atoms with van der Waals surface area (Å²) in [5.41, 5.74) is 9.08. The third-order valence-corrected chi connectivity index (χ3v) is 10.0. The van der Waals surface area contributed by atoms with Gasteiger partial charge in [-0.1, -0.05) is 84.9 Å². The van der Waals surface area contributed by atoms with Gasteiger partial charge in [-0.15, -0.1) is 11.3 Å². The lowest BCUT2D eigenvalue weighted by molar-refractivity contribution is 1.19. The fourth-order valence-electron chi connectivity index (χ4n) is 7.19. The molecule has 1 aliphatic rings. The maximum absolute atomic E-state index is 2.51. The van der Waals surface area contributed by atoms with Gasteiger partial charge >= 0.3 is 0 Å². The molecule has 2 heteroatoms. The van der Waals surface area contributed by atoms with Crippen molar-refractivity contribution in [3.05, 3.63) is 127 Å². The van der Waals surface area contributed by atoms with Gasteiger partial charge in [0.25, 0.3) is 0 Å². The van der Waals surface area contributed by atoms with Crippen molar-refractivity contribution in [3.8, 4) is 27.9 Å². The number of aromatic nitrogens is 1. The van der Waals surface area contributed by atoms with Gasteiger partial charge in [-0.05, 0) is 86.3 Å². The highest BCUT2D eigenvalue weighted by Gasteiger charge is 2.25. The Morgan fingerprint density at radius 2 is 1.10 bits per heavy atom. The lowest BCUT2D eigenvalue weighted by atomic mass is 9.97. The van der Waals surface area contributed by atoms with Crippen LogP contribution in [0.25, 0.3) is 91.5 Å². The van der Waals surface area contributed by atoms with Crippen LogP contribution in [-0.4, -0.2) is 4.57 Å². The number of thiophene rings is 1. The molecule has 10 rings (SSSR count). The highest BCUT2D eigenvalue weighted by molar-refractivity contribution is 7.25. The summed E-state index contributed by atoms with van der Waals surface area (Å²) in [6.45, 7) is 0. The van der Waals surface area contributed by atoms with Crippen molar-refractivity contribution in [1.82, 2.24) is 4.57 Å². The molecule has 2 heterocycles. The predicted molar refractivity (Wildman–Crippen MR) is 173 cm³/mol. The Labute approximate surface area is 234 Å². The van der Waals surface area contributed by atoms with Gasteiger partial charge in [0.15, 0.2) is 0 Å². The van der Waals surface area contributed by atoms with Crippen LogP contribution in [0.1, 0.15) is 0 Å². The van der Waals surface area contributed by atoms with Gasteiger partial charge in [0.1, 0.15) is 0 Å². The summed E-state index contributed by atoms with van der Waals surface area (Å²) in [5.74, 6) is 0. The molecule has 184 valence electrons. The summed E-state index contributed by atoms with van der Waals surface area (Å²) < 4.78 is 5.18. The van der Waals surface area contributed by atoms with Crippen LogP contribution in [0.5, 0.6) is 0 Å². The maximum atomic E-state index is 2.51. The highest BCUT2D eigenvalue weighted by atomic mass is 32.1. The van der Waals surface area contributed by atoms with Crippen LogP contribution in [0, 0.1) is 0 Å². The topological polar surface area (TPSA) is 4.93 Å². The van der Waals surface area contributed by atoms with Crippen molar-refractivity contribution in [2.45, 2.75) is 0 Å². The fraction of sp³-hybridized carbons (Fsp3) is 0. The molecule has 0 radical (unpaired) electrons. The van der Waals surface area contributed by atoms with Crippen LogP contribution in [0.3, 0.4) is 0 Å². The minimum Gasteiger partial charge on any atom is -0.309 e. The summed E-state index contributed by atoms with van der Waals surface area (Å²) in [6, 6.07) is 47.5. The molecule has 0 bridgehead atoms. The van der Waals surface area contributed by atoms with Crippen molar-refractivity contribution in [3.63, 3.8) is 0 Å². The Bertz CT molecular complexity index is 2540. The summed E-state index contributed by atoms with van der Waals surface area (Å²) in [4.78, 5) is 0. The number of benzene rings is 7. The zero-order valence-corrected chi connectivity index (χ0v) is 22.3. The molecule has 0 N–H and O–H groups in total. The van der Waals surface area contributed by atoms with Crippen molar-refractivity contribution in [1.29, 1.82) is 0 Å². The number of fused-ring (bicyclic) bond motifs is 11. The van der Waals surface area contributed by atoms with Gasteiger partial charge in [-0.25, -0.2) is 0 Å². The van der Waals surface area contributed by atoms with Crippen LogP contribution in [-0.2, 0) is 0 Å². The first kappa shape index (κ1) is 21.0. The number of rotatable bonds is 1. The smallest absolute Gasteiger partial charge is 0.0553 e. The summed E-state index contributed by atoms with van der Waals surface area (Å²) in [7, 11) is 0. The van der Waals surface area contributed by atoms with E-state index in [2.05, 4.69) is 132 Å². The predicted octanol–water partition coefficient (Wildman–Crippen LogP) is 11.1. The number of hydrogen-bond acceptors (Lipinski definition) is 1. The van der Waals surface area contributed by atoms with Crippen molar-refractivity contribution in [2.75, 3.05) is 0 Å². The standard InChI is InChI=1S/C38H21NS/c1-2-9-23-19-33-32(18-22(23)8-1)38-29-14-7-13-28-25-10-3-4-11-26(25)31(37(28)29)21-34(38)39(33)24-16-17-36-30(20-24)27-12-5-6-15-35(27)40-36/h1-21H. The van der Waals surface area contributed by atoms with E-state index in [1.54, 1.807) is 0 Å². The van der Waals surface area contributed by atoms with E-state index in [9.17, 15) is 0 Å². The van der Waals surface area contributed by atoms with Crippen molar-refractivity contribution >= 4 is 74.9 Å². The van der Waals surface area contributed by atoms with Gasteiger partial charge in [0.2, 0.25) is 0 Å². The first-order valence-electron chi connectivity index (χ1n) is 13.8. The molecule has 0 fully saturated rings. The Balaban J connectivity index is 1.42. The number of hydrogen-bond donors (Lipinski definition) is 0. The van der Waals surface area contributed by atoms with Gasteiger partial charge in [-0.3, -0.25) is 0 Å². The molecule has 7 aromatic carbocycles. The third-order valence-electron chi connectivity index (χ3n) is 8.88. The second-order valence-corrected chi connectivity index (χ2v) is 12.0. The first-order chi connectivity index (χ1) is 19.8. The molecule has 40 heavy (non-hydrogen) atoms. The SMILES string of the molecule is c1ccc2c(c1)-c1cccc3c1c-2cc1c3c2cc3ccccc3cc2n1-c1ccc2sc3ccccc3c2c1. The Morgan fingerprint density at radius 3 is 2.00 bits per heavy atom. The van der Waals surface area contributed by atoms with Crippen LogP contribution in [0.15, 0.2) is 127 Å². The molecule has 0 saturated carbocycles. The normalized spacial score (nSPS) is 12.5. The monoisotopic (exact) mass is 523 g/mol. The second kappa shape index (κ2) is 7.38. The molecule has 0 atom stereocenters. The minimum absolute atomic E-state index is 1.21. The average molecular weight is 524 g/mol. The molecule has 1 aliphatic carbocycles. The molecule has 0 unspecified atom stereocenters. The van der Waals surface area contributed by atoms with Crippen LogP contribution in [0.4, 0.5) is 0 Å². The Kier molecular flexibility index (Phi) is 3.87. The van der Waals surface area contributed by atoms with E-state index in [0.717, 1.165) is 0 Å². The van der Waals surface area contributed by atoms with E-state index < -0.39 is 0 Å². The van der Waals surface area contributed by atoms with Crippen LogP contribution < -0.4 is 0 Å². The molecule has 2 aromatic heterocycles. The summed E-state index contributed by atoms with van der Waals surface area (Å²) in [5, 5.41) is 10.6. The average Bonchev–Trinajstić information content (AvgIpc) is 3.64. The highest BCUT2D eigenvalue weighted by Crippen LogP contribution is 2.51. The molecule has 0 amide bonds. The first-order valence-corrected chi connectivity index (χ1v) is 14.6. The zero-order valence-electron chi connectivity index (χ0n) is 21.5. The van der Waals surface area contributed by atoms with Crippen LogP contribution in [0.2, 0.25) is 0 Å². The zero-order chi connectivity index (χ0) is 25.9. The van der Waals surface area contributed by atoms with E-state index in [0.29, 0.717) is 0 Å². The molecule has 0 aliphatic heterocycles. The molecule has 9 aromatic rings. The van der Waals surface area contributed by atoms with Crippen molar-refractivity contribution < 1.29 is 0 Å². The lowest BCUT2D eigenvalue weighted by Gasteiger charge is -2.11. The third kappa shape index (κ3) is 2.57. The van der Waals surface area contributed by atoms with E-state index in [-0.39, 0.29) is 0 Å². The lowest BCUT2D eigenvalue weighted by Crippen LogP contribution is -1.94. The summed E-state index contributed by atoms with van der Waals surface area (Å²) in [6.07, 6.45) is 0. The molecule has 0 spiro atoms. The molecule has 1 nitrogen and oxygen atoms in total. The number of nitrogens with zero attached hydrogens (tertiary/aromatic N) is 1. The fourth-order valence-corrected chi connectivity index (χ4v) is 8.28.